The minimum absolute atomic E-state index is 0.477. The summed E-state index contributed by atoms with van der Waals surface area (Å²) in [6.07, 6.45) is 19.1. The third kappa shape index (κ3) is 16.8. The van der Waals surface area contributed by atoms with E-state index in [2.05, 4.69) is 6.92 Å². The number of alkyl halides is 1. The second-order valence-electron chi connectivity index (χ2n) is 5.77. The predicted octanol–water partition coefficient (Wildman–Crippen LogP) is 7.28. The van der Waals surface area contributed by atoms with Crippen molar-refractivity contribution in [1.82, 2.24) is 0 Å². The number of hydrogen-bond donors (Lipinski definition) is 1. The largest absolute Gasteiger partial charge is 0.516 e. The van der Waals surface area contributed by atoms with Crippen LogP contribution >= 0.6 is 0 Å². The molecule has 0 heterocycles. The van der Waals surface area contributed by atoms with E-state index in [4.69, 9.17) is 5.11 Å². The van der Waals surface area contributed by atoms with E-state index in [0.717, 1.165) is 19.1 Å². The Morgan fingerprint density at radius 1 is 0.913 bits per heavy atom. The first-order chi connectivity index (χ1) is 11.2. The van der Waals surface area contributed by atoms with Gasteiger partial charge in [0.25, 0.3) is 0 Å². The molecule has 1 nitrogen and oxygen atoms in total. The molecule has 0 bridgehead atoms. The summed E-state index contributed by atoms with van der Waals surface area (Å²) >= 11 is 0. The highest BCUT2D eigenvalue weighted by Gasteiger charge is 2.00. The average molecular weight is 326 g/mol. The first-order valence-electron chi connectivity index (χ1n) is 8.86. The number of aliphatic hydroxyl groups excluding tert-OH is 1. The molecule has 23 heavy (non-hydrogen) atoms. The van der Waals surface area contributed by atoms with Gasteiger partial charge in [-0.1, -0.05) is 82.9 Å². The molecule has 0 saturated heterocycles. The molecular formula is C20H32F2O. The second kappa shape index (κ2) is 17.0. The van der Waals surface area contributed by atoms with Crippen LogP contribution in [0.2, 0.25) is 0 Å². The van der Waals surface area contributed by atoms with Crippen LogP contribution < -0.4 is 0 Å². The van der Waals surface area contributed by atoms with Gasteiger partial charge in [0.2, 0.25) is 0 Å². The summed E-state index contributed by atoms with van der Waals surface area (Å²) in [5, 5.41) is 8.38. The first-order valence-corrected chi connectivity index (χ1v) is 8.86. The predicted molar refractivity (Wildman–Crippen MR) is 96.0 cm³/mol. The number of halogens is 2. The quantitative estimate of drug-likeness (QED) is 0.202. The Morgan fingerprint density at radius 2 is 1.52 bits per heavy atom. The van der Waals surface area contributed by atoms with E-state index in [1.807, 2.05) is 0 Å². The van der Waals surface area contributed by atoms with Crippen LogP contribution in [0.25, 0.3) is 0 Å². The highest BCUT2D eigenvalue weighted by molar-refractivity contribution is 5.20. The molecule has 0 aromatic rings. The Bertz CT molecular complexity index is 370. The third-order valence-corrected chi connectivity index (χ3v) is 3.61. The van der Waals surface area contributed by atoms with E-state index < -0.39 is 12.0 Å². The van der Waals surface area contributed by atoms with E-state index in [-0.39, 0.29) is 0 Å². The Morgan fingerprint density at radius 3 is 2.13 bits per heavy atom. The van der Waals surface area contributed by atoms with Crippen molar-refractivity contribution in [2.45, 2.75) is 77.3 Å². The fraction of sp³-hybridized carbons (Fsp3) is 0.600. The molecule has 0 spiro atoms. The fourth-order valence-electron chi connectivity index (χ4n) is 2.27. The van der Waals surface area contributed by atoms with Gasteiger partial charge in [-0.25, -0.2) is 8.78 Å². The number of hydrogen-bond acceptors (Lipinski definition) is 1. The summed E-state index contributed by atoms with van der Waals surface area (Å²) in [4.78, 5) is 0. The van der Waals surface area contributed by atoms with Crippen molar-refractivity contribution in [3.8, 4) is 0 Å². The van der Waals surface area contributed by atoms with Gasteiger partial charge in [0, 0.05) is 0 Å². The number of unbranched alkanes of at least 4 members (excludes halogenated alkanes) is 8. The molecule has 0 aromatic heterocycles. The van der Waals surface area contributed by atoms with Crippen molar-refractivity contribution in [2.24, 2.45) is 0 Å². The maximum Gasteiger partial charge on any atom is 0.123 e. The van der Waals surface area contributed by atoms with Gasteiger partial charge >= 0.3 is 0 Å². The Kier molecular flexibility index (Phi) is 16.0. The van der Waals surface area contributed by atoms with Crippen molar-refractivity contribution >= 4 is 0 Å². The van der Waals surface area contributed by atoms with Gasteiger partial charge in [0.15, 0.2) is 0 Å². The summed E-state index contributed by atoms with van der Waals surface area (Å²) in [5.41, 5.74) is 0. The molecule has 0 amide bonds. The first kappa shape index (κ1) is 21.6. The van der Waals surface area contributed by atoms with Crippen molar-refractivity contribution in [1.29, 1.82) is 0 Å². The molecule has 132 valence electrons. The normalized spacial score (nSPS) is 14.5. The van der Waals surface area contributed by atoms with E-state index in [9.17, 15) is 8.78 Å². The lowest BCUT2D eigenvalue weighted by Crippen LogP contribution is -1.94. The maximum absolute atomic E-state index is 13.6. The summed E-state index contributed by atoms with van der Waals surface area (Å²) in [6, 6.07) is 0. The summed E-state index contributed by atoms with van der Waals surface area (Å²) in [5.74, 6) is -0.477. The molecule has 3 heteroatoms. The molecule has 0 aromatic carbocycles. The molecule has 0 aliphatic heterocycles. The smallest absolute Gasteiger partial charge is 0.123 e. The Balaban J connectivity index is 3.61. The molecule has 0 fully saturated rings. The topological polar surface area (TPSA) is 20.2 Å². The van der Waals surface area contributed by atoms with Crippen LogP contribution in [0.15, 0.2) is 48.5 Å². The zero-order valence-corrected chi connectivity index (χ0v) is 14.4. The van der Waals surface area contributed by atoms with E-state index >= 15 is 0 Å². The van der Waals surface area contributed by atoms with E-state index in [1.54, 1.807) is 0 Å². The lowest BCUT2D eigenvalue weighted by Gasteiger charge is -2.03. The number of rotatable bonds is 14. The van der Waals surface area contributed by atoms with E-state index in [1.165, 1.54) is 81.4 Å². The van der Waals surface area contributed by atoms with Crippen LogP contribution in [0.3, 0.4) is 0 Å². The highest BCUT2D eigenvalue weighted by atomic mass is 19.1. The molecule has 1 N–H and O–H groups in total. The van der Waals surface area contributed by atoms with Crippen molar-refractivity contribution in [3.63, 3.8) is 0 Å². The molecule has 0 aliphatic carbocycles. The zero-order chi connectivity index (χ0) is 17.2. The SMILES string of the molecule is CCCCCCCCCCCC(F)C=CC=C(F)C=CC=CO. The van der Waals surface area contributed by atoms with Crippen molar-refractivity contribution in [2.75, 3.05) is 0 Å². The molecular weight excluding hydrogens is 294 g/mol. The highest BCUT2D eigenvalue weighted by Crippen LogP contribution is 2.13. The van der Waals surface area contributed by atoms with Crippen LogP contribution in [0.4, 0.5) is 8.78 Å². The lowest BCUT2D eigenvalue weighted by atomic mass is 10.1. The van der Waals surface area contributed by atoms with Crippen molar-refractivity contribution < 1.29 is 13.9 Å². The summed E-state index contributed by atoms with van der Waals surface area (Å²) < 4.78 is 26.7. The number of aliphatic hydroxyl groups is 1. The van der Waals surface area contributed by atoms with E-state index in [0.29, 0.717) is 6.42 Å². The summed E-state index contributed by atoms with van der Waals surface area (Å²) in [7, 11) is 0. The van der Waals surface area contributed by atoms with Crippen LogP contribution in [0, 0.1) is 0 Å². The maximum atomic E-state index is 13.6. The van der Waals surface area contributed by atoms with Crippen LogP contribution in [0.1, 0.15) is 71.1 Å². The summed E-state index contributed by atoms with van der Waals surface area (Å²) in [6.45, 7) is 2.22. The average Bonchev–Trinajstić information content (AvgIpc) is 2.53. The third-order valence-electron chi connectivity index (χ3n) is 3.61. The van der Waals surface area contributed by atoms with Crippen LogP contribution in [-0.2, 0) is 0 Å². The van der Waals surface area contributed by atoms with Crippen molar-refractivity contribution in [3.05, 3.63) is 48.5 Å². The molecule has 0 aliphatic rings. The fourth-order valence-corrected chi connectivity index (χ4v) is 2.27. The standard InChI is InChI=1S/C20H32F2O/c1-2-3-4-5-6-7-8-9-10-14-19(21)16-13-17-20(22)15-11-12-18-23/h11-13,15-19,23H,2-10,14H2,1H3. The Labute approximate surface area is 140 Å². The van der Waals surface area contributed by atoms with Gasteiger partial charge in [-0.05, 0) is 24.6 Å². The Hall–Kier alpha value is -1.38. The van der Waals surface area contributed by atoms with Gasteiger partial charge in [-0.3, -0.25) is 0 Å². The van der Waals surface area contributed by atoms with Gasteiger partial charge in [0.1, 0.15) is 12.0 Å². The van der Waals surface area contributed by atoms with Crippen LogP contribution in [0.5, 0.6) is 0 Å². The van der Waals surface area contributed by atoms with Gasteiger partial charge in [-0.2, -0.15) is 0 Å². The number of allylic oxidation sites excluding steroid dienone is 7. The van der Waals surface area contributed by atoms with Gasteiger partial charge < -0.3 is 5.11 Å². The van der Waals surface area contributed by atoms with Gasteiger partial charge in [-0.15, -0.1) is 0 Å². The van der Waals surface area contributed by atoms with Gasteiger partial charge in [0.05, 0.1) is 6.26 Å². The molecule has 0 radical (unpaired) electrons. The molecule has 0 saturated carbocycles. The minimum Gasteiger partial charge on any atom is -0.516 e. The zero-order valence-electron chi connectivity index (χ0n) is 14.4. The minimum atomic E-state index is -1.01. The molecule has 1 atom stereocenters. The molecule has 1 unspecified atom stereocenters. The lowest BCUT2D eigenvalue weighted by molar-refractivity contribution is 0.364. The molecule has 0 rings (SSSR count). The second-order valence-corrected chi connectivity index (χ2v) is 5.77. The van der Waals surface area contributed by atoms with Crippen LogP contribution in [-0.4, -0.2) is 11.3 Å². The monoisotopic (exact) mass is 326 g/mol.